The summed E-state index contributed by atoms with van der Waals surface area (Å²) in [6.45, 7) is 2.03. The first-order valence-electron chi connectivity index (χ1n) is 4.71. The van der Waals surface area contributed by atoms with Gasteiger partial charge in [0, 0.05) is 12.6 Å². The number of imidazole rings is 1. The normalized spacial score (nSPS) is 9.93. The first-order valence-corrected chi connectivity index (χ1v) is 4.71. The Morgan fingerprint density at radius 1 is 1.33 bits per heavy atom. The SMILES string of the molecule is Cc1ccccc1-c1c(C#N)ncn1C. The van der Waals surface area contributed by atoms with Crippen molar-refractivity contribution < 1.29 is 0 Å². The minimum absolute atomic E-state index is 0.479. The number of nitriles is 1. The van der Waals surface area contributed by atoms with E-state index < -0.39 is 0 Å². The van der Waals surface area contributed by atoms with Crippen LogP contribution in [0.25, 0.3) is 11.3 Å². The van der Waals surface area contributed by atoms with Crippen LogP contribution in [0.2, 0.25) is 0 Å². The Balaban J connectivity index is 2.70. The van der Waals surface area contributed by atoms with E-state index in [0.717, 1.165) is 16.8 Å². The third-order valence-electron chi connectivity index (χ3n) is 2.44. The summed E-state index contributed by atoms with van der Waals surface area (Å²) < 4.78 is 1.88. The second kappa shape index (κ2) is 3.58. The molecule has 0 fully saturated rings. The third kappa shape index (κ3) is 1.50. The van der Waals surface area contributed by atoms with Gasteiger partial charge in [-0.2, -0.15) is 5.26 Å². The van der Waals surface area contributed by atoms with Gasteiger partial charge >= 0.3 is 0 Å². The van der Waals surface area contributed by atoms with Crippen molar-refractivity contribution in [1.82, 2.24) is 9.55 Å². The molecule has 1 aromatic carbocycles. The van der Waals surface area contributed by atoms with Crippen molar-refractivity contribution in [2.75, 3.05) is 0 Å². The molecule has 0 aliphatic carbocycles. The van der Waals surface area contributed by atoms with Crippen molar-refractivity contribution in [2.24, 2.45) is 7.05 Å². The van der Waals surface area contributed by atoms with Gasteiger partial charge in [-0.3, -0.25) is 0 Å². The number of rotatable bonds is 1. The number of benzene rings is 1. The molecule has 0 unspecified atom stereocenters. The van der Waals surface area contributed by atoms with E-state index in [9.17, 15) is 0 Å². The lowest BCUT2D eigenvalue weighted by molar-refractivity contribution is 0.920. The van der Waals surface area contributed by atoms with Crippen LogP contribution in [0.5, 0.6) is 0 Å². The van der Waals surface area contributed by atoms with E-state index in [1.165, 1.54) is 0 Å². The summed E-state index contributed by atoms with van der Waals surface area (Å²) in [7, 11) is 1.90. The Bertz CT molecular complexity index is 532. The Hall–Kier alpha value is -2.08. The van der Waals surface area contributed by atoms with Crippen LogP contribution >= 0.6 is 0 Å². The topological polar surface area (TPSA) is 41.6 Å². The molecule has 2 rings (SSSR count). The third-order valence-corrected chi connectivity index (χ3v) is 2.44. The summed E-state index contributed by atoms with van der Waals surface area (Å²) in [5.74, 6) is 0. The van der Waals surface area contributed by atoms with Crippen LogP contribution in [-0.2, 0) is 7.05 Å². The summed E-state index contributed by atoms with van der Waals surface area (Å²) >= 11 is 0. The van der Waals surface area contributed by atoms with Crippen molar-refractivity contribution in [3.63, 3.8) is 0 Å². The first-order chi connectivity index (χ1) is 7.24. The van der Waals surface area contributed by atoms with E-state index in [1.807, 2.05) is 42.8 Å². The highest BCUT2D eigenvalue weighted by Crippen LogP contribution is 2.24. The molecule has 0 spiro atoms. The molecule has 0 N–H and O–H groups in total. The largest absolute Gasteiger partial charge is 0.333 e. The highest BCUT2D eigenvalue weighted by atomic mass is 15.0. The number of hydrogen-bond acceptors (Lipinski definition) is 2. The van der Waals surface area contributed by atoms with Crippen molar-refractivity contribution >= 4 is 0 Å². The quantitative estimate of drug-likeness (QED) is 0.703. The van der Waals surface area contributed by atoms with E-state index in [4.69, 9.17) is 5.26 Å². The molecule has 74 valence electrons. The molecular weight excluding hydrogens is 186 g/mol. The van der Waals surface area contributed by atoms with Gasteiger partial charge in [0.05, 0.1) is 12.0 Å². The fourth-order valence-corrected chi connectivity index (χ4v) is 1.67. The molecule has 3 nitrogen and oxygen atoms in total. The lowest BCUT2D eigenvalue weighted by Gasteiger charge is -2.06. The van der Waals surface area contributed by atoms with Crippen LogP contribution in [0.15, 0.2) is 30.6 Å². The van der Waals surface area contributed by atoms with Gasteiger partial charge < -0.3 is 4.57 Å². The lowest BCUT2D eigenvalue weighted by Crippen LogP contribution is -1.93. The molecule has 1 heterocycles. The molecule has 0 saturated carbocycles. The Kier molecular flexibility index (Phi) is 2.26. The maximum atomic E-state index is 8.96. The summed E-state index contributed by atoms with van der Waals surface area (Å²) in [5.41, 5.74) is 3.58. The fraction of sp³-hybridized carbons (Fsp3) is 0.167. The second-order valence-electron chi connectivity index (χ2n) is 3.48. The monoisotopic (exact) mass is 197 g/mol. The standard InChI is InChI=1S/C12H11N3/c1-9-5-3-4-6-10(9)12-11(7-13)14-8-15(12)2/h3-6,8H,1-2H3. The lowest BCUT2D eigenvalue weighted by atomic mass is 10.0. The van der Waals surface area contributed by atoms with Crippen LogP contribution in [0.3, 0.4) is 0 Å². The molecule has 2 aromatic rings. The van der Waals surface area contributed by atoms with Gasteiger partial charge in [0.25, 0.3) is 0 Å². The van der Waals surface area contributed by atoms with Crippen LogP contribution in [0, 0.1) is 18.3 Å². The summed E-state index contributed by atoms with van der Waals surface area (Å²) in [4.78, 5) is 4.05. The number of nitrogens with zero attached hydrogens (tertiary/aromatic N) is 3. The van der Waals surface area contributed by atoms with Crippen LogP contribution < -0.4 is 0 Å². The molecule has 0 saturated heterocycles. The average molecular weight is 197 g/mol. The summed E-state index contributed by atoms with van der Waals surface area (Å²) in [6, 6.07) is 10.1. The summed E-state index contributed by atoms with van der Waals surface area (Å²) in [6.07, 6.45) is 1.67. The van der Waals surface area contributed by atoms with Crippen molar-refractivity contribution in [3.05, 3.63) is 41.9 Å². The molecule has 0 radical (unpaired) electrons. The smallest absolute Gasteiger partial charge is 0.166 e. The minimum atomic E-state index is 0.479. The Morgan fingerprint density at radius 3 is 2.73 bits per heavy atom. The molecule has 0 aliphatic heterocycles. The average Bonchev–Trinajstić information content (AvgIpc) is 2.60. The van der Waals surface area contributed by atoms with E-state index in [2.05, 4.69) is 11.1 Å². The van der Waals surface area contributed by atoms with E-state index in [1.54, 1.807) is 6.33 Å². The maximum Gasteiger partial charge on any atom is 0.166 e. The number of hydrogen-bond donors (Lipinski definition) is 0. The van der Waals surface area contributed by atoms with Crippen molar-refractivity contribution in [1.29, 1.82) is 5.26 Å². The first kappa shape index (κ1) is 9.47. The van der Waals surface area contributed by atoms with E-state index in [0.29, 0.717) is 5.69 Å². The fourth-order valence-electron chi connectivity index (χ4n) is 1.67. The van der Waals surface area contributed by atoms with E-state index >= 15 is 0 Å². The molecule has 3 heteroatoms. The van der Waals surface area contributed by atoms with Crippen molar-refractivity contribution in [3.8, 4) is 17.3 Å². The van der Waals surface area contributed by atoms with Gasteiger partial charge in [-0.15, -0.1) is 0 Å². The molecule has 0 aliphatic rings. The minimum Gasteiger partial charge on any atom is -0.333 e. The highest BCUT2D eigenvalue weighted by Gasteiger charge is 2.11. The second-order valence-corrected chi connectivity index (χ2v) is 3.48. The van der Waals surface area contributed by atoms with Crippen LogP contribution in [0.4, 0.5) is 0 Å². The highest BCUT2D eigenvalue weighted by molar-refractivity contribution is 5.68. The van der Waals surface area contributed by atoms with Gasteiger partial charge in [-0.25, -0.2) is 4.98 Å². The number of aryl methyl sites for hydroxylation is 2. The van der Waals surface area contributed by atoms with Gasteiger partial charge in [0.15, 0.2) is 5.69 Å². The molecule has 15 heavy (non-hydrogen) atoms. The van der Waals surface area contributed by atoms with Crippen LogP contribution in [0.1, 0.15) is 11.3 Å². The molecule has 1 aromatic heterocycles. The molecule has 0 atom stereocenters. The van der Waals surface area contributed by atoms with Crippen LogP contribution in [-0.4, -0.2) is 9.55 Å². The number of aromatic nitrogens is 2. The molecule has 0 bridgehead atoms. The zero-order valence-electron chi connectivity index (χ0n) is 8.73. The van der Waals surface area contributed by atoms with Gasteiger partial charge in [0.2, 0.25) is 0 Å². The van der Waals surface area contributed by atoms with Crippen molar-refractivity contribution in [2.45, 2.75) is 6.92 Å². The summed E-state index contributed by atoms with van der Waals surface area (Å²) in [5, 5.41) is 8.96. The Morgan fingerprint density at radius 2 is 2.07 bits per heavy atom. The van der Waals surface area contributed by atoms with E-state index in [-0.39, 0.29) is 0 Å². The molecule has 0 amide bonds. The van der Waals surface area contributed by atoms with Gasteiger partial charge in [-0.1, -0.05) is 24.3 Å². The maximum absolute atomic E-state index is 8.96. The van der Waals surface area contributed by atoms with Gasteiger partial charge in [-0.05, 0) is 12.5 Å². The zero-order chi connectivity index (χ0) is 10.8. The Labute approximate surface area is 88.6 Å². The predicted molar refractivity (Wildman–Crippen MR) is 58.1 cm³/mol. The van der Waals surface area contributed by atoms with Gasteiger partial charge in [0.1, 0.15) is 6.07 Å². The zero-order valence-corrected chi connectivity index (χ0v) is 8.73. The predicted octanol–water partition coefficient (Wildman–Crippen LogP) is 2.27. The molecular formula is C12H11N3.